The van der Waals surface area contributed by atoms with Gasteiger partial charge in [-0.1, -0.05) is 19.8 Å². The van der Waals surface area contributed by atoms with Crippen LogP contribution in [0.2, 0.25) is 0 Å². The highest BCUT2D eigenvalue weighted by molar-refractivity contribution is 7.89. The number of anilines is 1. The van der Waals surface area contributed by atoms with Gasteiger partial charge in [0.15, 0.2) is 0 Å². The second-order valence-electron chi connectivity index (χ2n) is 6.90. The number of benzene rings is 1. The van der Waals surface area contributed by atoms with Crippen LogP contribution >= 0.6 is 0 Å². The SMILES string of the molecule is CC(=O)Nc1ccc(S(=O)(=O)N(C)CC(=O)N[C@@H]2CCCC[C@H]2C)cc1. The minimum absolute atomic E-state index is 0.0768. The quantitative estimate of drug-likeness (QED) is 0.787. The highest BCUT2D eigenvalue weighted by Crippen LogP contribution is 2.24. The average Bonchev–Trinajstić information content (AvgIpc) is 2.57. The molecule has 8 heteroatoms. The molecule has 2 atom stereocenters. The van der Waals surface area contributed by atoms with Crippen molar-refractivity contribution in [3.05, 3.63) is 24.3 Å². The molecule has 1 aliphatic carbocycles. The standard InChI is InChI=1S/C18H27N3O4S/c1-13-6-4-5-7-17(13)20-18(23)12-21(3)26(24,25)16-10-8-15(9-11-16)19-14(2)22/h8-11,13,17H,4-7,12H2,1-3H3,(H,19,22)(H,20,23)/t13-,17-/m1/s1. The molecular formula is C18H27N3O4S. The van der Waals surface area contributed by atoms with Crippen molar-refractivity contribution in [2.75, 3.05) is 18.9 Å². The summed E-state index contributed by atoms with van der Waals surface area (Å²) in [5, 5.41) is 5.54. The van der Waals surface area contributed by atoms with Gasteiger partial charge in [0.2, 0.25) is 21.8 Å². The fourth-order valence-electron chi connectivity index (χ4n) is 3.16. The van der Waals surface area contributed by atoms with E-state index in [9.17, 15) is 18.0 Å². The predicted octanol–water partition coefficient (Wildman–Crippen LogP) is 1.96. The monoisotopic (exact) mass is 381 g/mol. The lowest BCUT2D eigenvalue weighted by molar-refractivity contribution is -0.122. The van der Waals surface area contributed by atoms with Crippen LogP contribution < -0.4 is 10.6 Å². The van der Waals surface area contributed by atoms with Gasteiger partial charge < -0.3 is 10.6 Å². The Labute approximate surface area is 155 Å². The van der Waals surface area contributed by atoms with Crippen molar-refractivity contribution in [3.8, 4) is 0 Å². The molecule has 0 bridgehead atoms. The normalized spacial score (nSPS) is 20.6. The molecule has 0 heterocycles. The predicted molar refractivity (Wildman–Crippen MR) is 100 cm³/mol. The molecule has 2 amide bonds. The summed E-state index contributed by atoms with van der Waals surface area (Å²) in [6, 6.07) is 5.98. The average molecular weight is 381 g/mol. The van der Waals surface area contributed by atoms with Gasteiger partial charge >= 0.3 is 0 Å². The van der Waals surface area contributed by atoms with E-state index in [0.717, 1.165) is 23.6 Å². The zero-order valence-corrected chi connectivity index (χ0v) is 16.3. The van der Waals surface area contributed by atoms with Crippen LogP contribution in [0.3, 0.4) is 0 Å². The minimum atomic E-state index is -3.77. The van der Waals surface area contributed by atoms with E-state index in [4.69, 9.17) is 0 Å². The number of carbonyl (C=O) groups excluding carboxylic acids is 2. The summed E-state index contributed by atoms with van der Waals surface area (Å²) in [6.07, 6.45) is 4.29. The molecule has 1 saturated carbocycles. The van der Waals surface area contributed by atoms with Crippen molar-refractivity contribution in [1.82, 2.24) is 9.62 Å². The summed E-state index contributed by atoms with van der Waals surface area (Å²) in [7, 11) is -2.38. The second-order valence-corrected chi connectivity index (χ2v) is 8.95. The molecule has 0 aromatic heterocycles. The fraction of sp³-hybridized carbons (Fsp3) is 0.556. The number of sulfonamides is 1. The Kier molecular flexibility index (Phi) is 6.77. The summed E-state index contributed by atoms with van der Waals surface area (Å²) < 4.78 is 26.3. The molecule has 0 spiro atoms. The van der Waals surface area contributed by atoms with Gasteiger partial charge in [-0.05, 0) is 43.0 Å². The number of hydrogen-bond acceptors (Lipinski definition) is 4. The van der Waals surface area contributed by atoms with Crippen molar-refractivity contribution >= 4 is 27.5 Å². The number of rotatable bonds is 6. The molecule has 0 radical (unpaired) electrons. The molecule has 1 aromatic rings. The van der Waals surface area contributed by atoms with E-state index >= 15 is 0 Å². The van der Waals surface area contributed by atoms with E-state index in [1.165, 1.54) is 44.7 Å². The smallest absolute Gasteiger partial charge is 0.243 e. The van der Waals surface area contributed by atoms with E-state index in [1.54, 1.807) is 0 Å². The third-order valence-corrected chi connectivity index (χ3v) is 6.52. The first kappa shape index (κ1) is 20.4. The summed E-state index contributed by atoms with van der Waals surface area (Å²) in [6.45, 7) is 3.27. The van der Waals surface area contributed by atoms with Crippen LogP contribution in [0.15, 0.2) is 29.2 Å². The summed E-state index contributed by atoms with van der Waals surface area (Å²) in [5.74, 6) is -0.105. The molecule has 7 nitrogen and oxygen atoms in total. The lowest BCUT2D eigenvalue weighted by atomic mass is 9.86. The van der Waals surface area contributed by atoms with E-state index in [-0.39, 0.29) is 29.3 Å². The largest absolute Gasteiger partial charge is 0.352 e. The maximum absolute atomic E-state index is 12.6. The van der Waals surface area contributed by atoms with Gasteiger partial charge in [-0.25, -0.2) is 8.42 Å². The van der Waals surface area contributed by atoms with E-state index in [2.05, 4.69) is 17.6 Å². The molecule has 1 aliphatic rings. The Bertz CT molecular complexity index is 746. The van der Waals surface area contributed by atoms with Crippen LogP contribution in [-0.4, -0.2) is 44.2 Å². The lowest BCUT2D eigenvalue weighted by Gasteiger charge is -2.30. The van der Waals surface area contributed by atoms with Crippen molar-refractivity contribution in [2.45, 2.75) is 50.5 Å². The van der Waals surface area contributed by atoms with Crippen molar-refractivity contribution < 1.29 is 18.0 Å². The number of nitrogens with one attached hydrogen (secondary N) is 2. The minimum Gasteiger partial charge on any atom is -0.352 e. The topological polar surface area (TPSA) is 95.6 Å². The van der Waals surface area contributed by atoms with E-state index in [0.29, 0.717) is 11.6 Å². The van der Waals surface area contributed by atoms with Gasteiger partial charge in [-0.2, -0.15) is 4.31 Å². The van der Waals surface area contributed by atoms with Gasteiger partial charge in [0, 0.05) is 25.7 Å². The Balaban J connectivity index is 1.99. The first-order chi connectivity index (χ1) is 12.2. The van der Waals surface area contributed by atoms with Crippen molar-refractivity contribution in [3.63, 3.8) is 0 Å². The molecular weight excluding hydrogens is 354 g/mol. The van der Waals surface area contributed by atoms with Gasteiger partial charge in [-0.15, -0.1) is 0 Å². The molecule has 2 rings (SSSR count). The highest BCUT2D eigenvalue weighted by Gasteiger charge is 2.26. The van der Waals surface area contributed by atoms with Crippen molar-refractivity contribution in [2.24, 2.45) is 5.92 Å². The first-order valence-corrected chi connectivity index (χ1v) is 10.3. The highest BCUT2D eigenvalue weighted by atomic mass is 32.2. The third kappa shape index (κ3) is 5.28. The molecule has 2 N–H and O–H groups in total. The number of hydrogen-bond donors (Lipinski definition) is 2. The second kappa shape index (κ2) is 8.64. The fourth-order valence-corrected chi connectivity index (χ4v) is 4.29. The molecule has 144 valence electrons. The van der Waals surface area contributed by atoms with Gasteiger partial charge in [0.1, 0.15) is 0 Å². The number of carbonyl (C=O) groups is 2. The number of nitrogens with zero attached hydrogens (tertiary/aromatic N) is 1. The van der Waals surface area contributed by atoms with Gasteiger partial charge in [0.25, 0.3) is 0 Å². The maximum Gasteiger partial charge on any atom is 0.243 e. The molecule has 26 heavy (non-hydrogen) atoms. The summed E-state index contributed by atoms with van der Waals surface area (Å²) in [4.78, 5) is 23.4. The Morgan fingerprint density at radius 2 is 1.77 bits per heavy atom. The van der Waals surface area contributed by atoms with Crippen LogP contribution in [0.25, 0.3) is 0 Å². The molecule has 0 saturated heterocycles. The molecule has 1 fully saturated rings. The Morgan fingerprint density at radius 3 is 2.35 bits per heavy atom. The van der Waals surface area contributed by atoms with Gasteiger partial charge in [0.05, 0.1) is 11.4 Å². The zero-order valence-electron chi connectivity index (χ0n) is 15.5. The van der Waals surface area contributed by atoms with Crippen LogP contribution in [0.1, 0.15) is 39.5 Å². The van der Waals surface area contributed by atoms with Gasteiger partial charge in [-0.3, -0.25) is 9.59 Å². The zero-order chi connectivity index (χ0) is 19.3. The van der Waals surface area contributed by atoms with Crippen LogP contribution in [0.4, 0.5) is 5.69 Å². The van der Waals surface area contributed by atoms with E-state index in [1.807, 2.05) is 0 Å². The Hall–Kier alpha value is -1.93. The lowest BCUT2D eigenvalue weighted by Crippen LogP contribution is -2.46. The van der Waals surface area contributed by atoms with Crippen LogP contribution in [0, 0.1) is 5.92 Å². The van der Waals surface area contributed by atoms with Crippen LogP contribution in [-0.2, 0) is 19.6 Å². The van der Waals surface area contributed by atoms with Crippen molar-refractivity contribution in [1.29, 1.82) is 0 Å². The van der Waals surface area contributed by atoms with Crippen LogP contribution in [0.5, 0.6) is 0 Å². The summed E-state index contributed by atoms with van der Waals surface area (Å²) in [5.41, 5.74) is 0.517. The molecule has 0 unspecified atom stereocenters. The third-order valence-electron chi connectivity index (χ3n) is 4.71. The maximum atomic E-state index is 12.6. The Morgan fingerprint density at radius 1 is 1.15 bits per heavy atom. The van der Waals surface area contributed by atoms with E-state index < -0.39 is 10.0 Å². The molecule has 1 aromatic carbocycles. The first-order valence-electron chi connectivity index (χ1n) is 8.83. The number of amides is 2. The molecule has 0 aliphatic heterocycles. The number of likely N-dealkylation sites (N-methyl/N-ethyl adjacent to an activating group) is 1. The summed E-state index contributed by atoms with van der Waals surface area (Å²) >= 11 is 0.